The summed E-state index contributed by atoms with van der Waals surface area (Å²) in [6.07, 6.45) is 0. The quantitative estimate of drug-likeness (QED) is 0.834. The Morgan fingerprint density at radius 2 is 2.25 bits per heavy atom. The zero-order valence-corrected chi connectivity index (χ0v) is 11.6. The molecule has 1 atom stereocenters. The van der Waals surface area contributed by atoms with E-state index < -0.39 is 0 Å². The second-order valence-corrected chi connectivity index (χ2v) is 4.81. The van der Waals surface area contributed by atoms with Crippen LogP contribution in [-0.4, -0.2) is 32.8 Å². The highest BCUT2D eigenvalue weighted by Gasteiger charge is 2.17. The Hall–Kier alpha value is -0.650. The summed E-state index contributed by atoms with van der Waals surface area (Å²) in [7, 11) is 3.84. The maximum atomic E-state index is 6.17. The molecule has 1 rings (SSSR count). The van der Waals surface area contributed by atoms with Gasteiger partial charge in [-0.3, -0.25) is 9.58 Å². The lowest BCUT2D eigenvalue weighted by atomic mass is 10.2. The molecule has 0 radical (unpaired) electrons. The molecule has 0 bridgehead atoms. The molecule has 0 spiro atoms. The Morgan fingerprint density at radius 1 is 1.69 bits per heavy atom. The van der Waals surface area contributed by atoms with Crippen LogP contribution in [0, 0.1) is 6.92 Å². The number of thiocarbonyl (C=S) groups is 1. The molecule has 0 aliphatic carbocycles. The molecule has 0 saturated carbocycles. The van der Waals surface area contributed by atoms with E-state index in [4.69, 9.17) is 29.6 Å². The molecular formula is C10H17ClN4S. The summed E-state index contributed by atoms with van der Waals surface area (Å²) >= 11 is 11.1. The molecule has 0 aliphatic rings. The number of likely N-dealkylation sites (N-methyl/N-ethyl adjacent to an activating group) is 1. The summed E-state index contributed by atoms with van der Waals surface area (Å²) in [4.78, 5) is 2.53. The lowest BCUT2D eigenvalue weighted by molar-refractivity contribution is 0.295. The van der Waals surface area contributed by atoms with Crippen LogP contribution in [0.5, 0.6) is 0 Å². The number of hydrogen-bond acceptors (Lipinski definition) is 3. The Kier molecular flexibility index (Phi) is 4.29. The largest absolute Gasteiger partial charge is 0.392 e. The van der Waals surface area contributed by atoms with Gasteiger partial charge in [0.25, 0.3) is 0 Å². The van der Waals surface area contributed by atoms with Crippen molar-refractivity contribution in [3.63, 3.8) is 0 Å². The molecule has 0 saturated heterocycles. The summed E-state index contributed by atoms with van der Waals surface area (Å²) in [6, 6.07) is 0.0428. The van der Waals surface area contributed by atoms with E-state index in [1.807, 2.05) is 32.8 Å². The maximum absolute atomic E-state index is 6.17. The van der Waals surface area contributed by atoms with Gasteiger partial charge in [0, 0.05) is 13.6 Å². The van der Waals surface area contributed by atoms with Crippen LogP contribution >= 0.6 is 23.8 Å². The Balaban J connectivity index is 2.84. The Morgan fingerprint density at radius 3 is 2.62 bits per heavy atom. The van der Waals surface area contributed by atoms with Crippen molar-refractivity contribution in [2.45, 2.75) is 26.4 Å². The van der Waals surface area contributed by atoms with Crippen molar-refractivity contribution in [2.24, 2.45) is 12.8 Å². The van der Waals surface area contributed by atoms with Crippen LogP contribution in [-0.2, 0) is 13.6 Å². The zero-order valence-electron chi connectivity index (χ0n) is 9.99. The first-order valence-corrected chi connectivity index (χ1v) is 5.80. The van der Waals surface area contributed by atoms with Gasteiger partial charge in [-0.25, -0.2) is 0 Å². The average molecular weight is 261 g/mol. The Labute approximate surface area is 106 Å². The summed E-state index contributed by atoms with van der Waals surface area (Å²) in [5, 5.41) is 4.97. The molecule has 90 valence electrons. The molecule has 0 aliphatic heterocycles. The van der Waals surface area contributed by atoms with Gasteiger partial charge in [0.05, 0.1) is 27.4 Å². The van der Waals surface area contributed by atoms with Crippen LogP contribution < -0.4 is 5.73 Å². The van der Waals surface area contributed by atoms with Gasteiger partial charge in [0.2, 0.25) is 0 Å². The fourth-order valence-corrected chi connectivity index (χ4v) is 1.84. The highest BCUT2D eigenvalue weighted by Crippen LogP contribution is 2.21. The number of aromatic nitrogens is 2. The van der Waals surface area contributed by atoms with Crippen molar-refractivity contribution in [1.82, 2.24) is 14.7 Å². The molecule has 1 aromatic heterocycles. The number of halogens is 1. The molecule has 1 aromatic rings. The second-order valence-electron chi connectivity index (χ2n) is 3.96. The fraction of sp³-hybridized carbons (Fsp3) is 0.600. The first-order chi connectivity index (χ1) is 7.34. The molecule has 0 fully saturated rings. The summed E-state index contributed by atoms with van der Waals surface area (Å²) in [5.74, 6) is 0. The number of aryl methyl sites for hydroxylation is 2. The van der Waals surface area contributed by atoms with Gasteiger partial charge in [-0.2, -0.15) is 5.10 Å². The van der Waals surface area contributed by atoms with Crippen molar-refractivity contribution >= 4 is 28.8 Å². The lowest BCUT2D eigenvalue weighted by Gasteiger charge is -2.23. The molecule has 6 heteroatoms. The van der Waals surface area contributed by atoms with Crippen molar-refractivity contribution in [2.75, 3.05) is 7.05 Å². The normalized spacial score (nSPS) is 13.1. The van der Waals surface area contributed by atoms with E-state index in [1.54, 1.807) is 4.68 Å². The highest BCUT2D eigenvalue weighted by atomic mass is 35.5. The fourth-order valence-electron chi connectivity index (χ4n) is 1.44. The van der Waals surface area contributed by atoms with Crippen molar-refractivity contribution in [3.8, 4) is 0 Å². The molecule has 4 nitrogen and oxygen atoms in total. The number of rotatable bonds is 4. The van der Waals surface area contributed by atoms with E-state index in [0.29, 0.717) is 16.6 Å². The van der Waals surface area contributed by atoms with Gasteiger partial charge < -0.3 is 5.73 Å². The van der Waals surface area contributed by atoms with Gasteiger partial charge in [-0.15, -0.1) is 0 Å². The third kappa shape index (κ3) is 2.72. The van der Waals surface area contributed by atoms with Gasteiger partial charge in [-0.05, 0) is 20.9 Å². The van der Waals surface area contributed by atoms with Crippen LogP contribution in [0.4, 0.5) is 0 Å². The first-order valence-electron chi connectivity index (χ1n) is 5.02. The minimum Gasteiger partial charge on any atom is -0.392 e. The van der Waals surface area contributed by atoms with Crippen molar-refractivity contribution in [1.29, 1.82) is 0 Å². The topological polar surface area (TPSA) is 47.1 Å². The number of nitrogens with two attached hydrogens (primary N) is 1. The van der Waals surface area contributed by atoms with Gasteiger partial charge in [-0.1, -0.05) is 23.8 Å². The van der Waals surface area contributed by atoms with Crippen LogP contribution in [0.15, 0.2) is 0 Å². The van der Waals surface area contributed by atoms with E-state index in [0.717, 1.165) is 11.4 Å². The monoisotopic (exact) mass is 260 g/mol. The maximum Gasteiger partial charge on any atom is 0.0899 e. The van der Waals surface area contributed by atoms with Gasteiger partial charge in [0.15, 0.2) is 0 Å². The molecular weight excluding hydrogens is 244 g/mol. The summed E-state index contributed by atoms with van der Waals surface area (Å²) < 4.78 is 1.79. The van der Waals surface area contributed by atoms with Gasteiger partial charge >= 0.3 is 0 Å². The minimum atomic E-state index is 0.0428. The van der Waals surface area contributed by atoms with Crippen LogP contribution in [0.1, 0.15) is 18.3 Å². The van der Waals surface area contributed by atoms with Crippen LogP contribution in [0.2, 0.25) is 5.02 Å². The van der Waals surface area contributed by atoms with Crippen molar-refractivity contribution < 1.29 is 0 Å². The molecule has 0 amide bonds. The van der Waals surface area contributed by atoms with E-state index in [1.165, 1.54) is 0 Å². The molecule has 16 heavy (non-hydrogen) atoms. The van der Waals surface area contributed by atoms with E-state index in [9.17, 15) is 0 Å². The number of hydrogen-bond donors (Lipinski definition) is 1. The minimum absolute atomic E-state index is 0.0428. The second kappa shape index (κ2) is 5.12. The Bertz CT molecular complexity index is 402. The summed E-state index contributed by atoms with van der Waals surface area (Å²) in [6.45, 7) is 4.54. The third-order valence-corrected chi connectivity index (χ3v) is 3.57. The van der Waals surface area contributed by atoms with Crippen LogP contribution in [0.25, 0.3) is 0 Å². The lowest BCUT2D eigenvalue weighted by Crippen LogP contribution is -2.39. The third-order valence-electron chi connectivity index (χ3n) is 2.73. The highest BCUT2D eigenvalue weighted by molar-refractivity contribution is 7.80. The zero-order chi connectivity index (χ0) is 12.5. The molecule has 1 unspecified atom stereocenters. The standard InChI is InChI=1S/C10H17ClN4S/c1-6-9(11)8(15(4)13-6)5-14(3)7(2)10(12)16/h7H,5H2,1-4H3,(H2,12,16). The first kappa shape index (κ1) is 13.4. The van der Waals surface area contributed by atoms with E-state index >= 15 is 0 Å². The average Bonchev–Trinajstić information content (AvgIpc) is 2.43. The van der Waals surface area contributed by atoms with Crippen molar-refractivity contribution in [3.05, 3.63) is 16.4 Å². The predicted molar refractivity (Wildman–Crippen MR) is 70.7 cm³/mol. The van der Waals surface area contributed by atoms with Gasteiger partial charge in [0.1, 0.15) is 0 Å². The molecule has 2 N–H and O–H groups in total. The predicted octanol–water partition coefficient (Wildman–Crippen LogP) is 1.49. The number of nitrogens with zero attached hydrogens (tertiary/aromatic N) is 3. The SMILES string of the molecule is Cc1nn(C)c(CN(C)C(C)C(N)=S)c1Cl. The molecule has 1 heterocycles. The molecule has 0 aromatic carbocycles. The smallest absolute Gasteiger partial charge is 0.0899 e. The summed E-state index contributed by atoms with van der Waals surface area (Å²) in [5.41, 5.74) is 7.43. The van der Waals surface area contributed by atoms with E-state index in [-0.39, 0.29) is 6.04 Å². The van der Waals surface area contributed by atoms with Crippen LogP contribution in [0.3, 0.4) is 0 Å². The van der Waals surface area contributed by atoms with E-state index in [2.05, 4.69) is 5.10 Å².